The minimum absolute atomic E-state index is 0.0948. The lowest BCUT2D eigenvalue weighted by atomic mass is 9.83. The minimum Gasteiger partial charge on any atom is -0.454 e. The monoisotopic (exact) mass is 303 g/mol. The number of aryl methyl sites for hydroxylation is 1. The van der Waals surface area contributed by atoms with E-state index < -0.39 is 5.60 Å². The smallest absolute Gasteiger partial charge is 0.306 e. The van der Waals surface area contributed by atoms with Crippen molar-refractivity contribution in [3.63, 3.8) is 0 Å². The lowest BCUT2D eigenvalue weighted by Crippen LogP contribution is -2.45. The highest BCUT2D eigenvalue weighted by molar-refractivity contribution is 5.69. The zero-order valence-corrected chi connectivity index (χ0v) is 14.2. The number of unbranched alkanes of at least 4 members (excludes halogenated alkanes) is 1. The van der Waals surface area contributed by atoms with Crippen LogP contribution >= 0.6 is 0 Å². The Morgan fingerprint density at radius 1 is 1.18 bits per heavy atom. The van der Waals surface area contributed by atoms with Gasteiger partial charge >= 0.3 is 5.97 Å². The first kappa shape index (κ1) is 17.0. The molecule has 3 nitrogen and oxygen atoms in total. The van der Waals surface area contributed by atoms with Crippen LogP contribution in [0.25, 0.3) is 0 Å². The molecule has 0 saturated carbocycles. The van der Waals surface area contributed by atoms with Gasteiger partial charge in [0.25, 0.3) is 0 Å². The number of rotatable bonds is 6. The van der Waals surface area contributed by atoms with E-state index in [4.69, 9.17) is 4.74 Å². The summed E-state index contributed by atoms with van der Waals surface area (Å²) in [6, 6.07) is 8.47. The summed E-state index contributed by atoms with van der Waals surface area (Å²) in [7, 11) is 0. The van der Waals surface area contributed by atoms with E-state index in [9.17, 15) is 4.79 Å². The average molecular weight is 303 g/mol. The van der Waals surface area contributed by atoms with Crippen LogP contribution in [0.3, 0.4) is 0 Å². The Labute approximate surface area is 134 Å². The highest BCUT2D eigenvalue weighted by Crippen LogP contribution is 2.37. The molecule has 0 spiro atoms. The van der Waals surface area contributed by atoms with Crippen molar-refractivity contribution in [3.05, 3.63) is 35.4 Å². The molecule has 0 aliphatic carbocycles. The van der Waals surface area contributed by atoms with Crippen molar-refractivity contribution in [1.29, 1.82) is 0 Å². The fourth-order valence-electron chi connectivity index (χ4n) is 3.12. The highest BCUT2D eigenvalue weighted by Gasteiger charge is 2.39. The number of nitrogens with zero attached hydrogens (tertiary/aromatic N) is 1. The molecular formula is C19H29NO2. The van der Waals surface area contributed by atoms with Crippen molar-refractivity contribution >= 4 is 5.97 Å². The molecule has 1 aliphatic heterocycles. The van der Waals surface area contributed by atoms with Crippen LogP contribution in [0.4, 0.5) is 0 Å². The van der Waals surface area contributed by atoms with Crippen LogP contribution < -0.4 is 0 Å². The molecule has 1 saturated heterocycles. The predicted molar refractivity (Wildman–Crippen MR) is 89.8 cm³/mol. The number of carbonyl (C=O) groups is 1. The zero-order chi connectivity index (χ0) is 16.0. The van der Waals surface area contributed by atoms with E-state index in [2.05, 4.69) is 43.0 Å². The van der Waals surface area contributed by atoms with Gasteiger partial charge in [0.1, 0.15) is 5.60 Å². The van der Waals surface area contributed by atoms with Gasteiger partial charge in [0.05, 0.1) is 0 Å². The molecule has 22 heavy (non-hydrogen) atoms. The van der Waals surface area contributed by atoms with Crippen LogP contribution in [0.15, 0.2) is 24.3 Å². The number of hydrogen-bond donors (Lipinski definition) is 0. The summed E-state index contributed by atoms with van der Waals surface area (Å²) < 4.78 is 5.94. The Morgan fingerprint density at radius 2 is 1.82 bits per heavy atom. The van der Waals surface area contributed by atoms with Gasteiger partial charge in [-0.2, -0.15) is 0 Å². The first-order chi connectivity index (χ1) is 10.6. The highest BCUT2D eigenvalue weighted by atomic mass is 16.6. The van der Waals surface area contributed by atoms with Crippen LogP contribution in [0.5, 0.6) is 0 Å². The van der Waals surface area contributed by atoms with Gasteiger partial charge in [-0.05, 0) is 25.5 Å². The van der Waals surface area contributed by atoms with Gasteiger partial charge in [-0.3, -0.25) is 4.79 Å². The molecule has 122 valence electrons. The van der Waals surface area contributed by atoms with Crippen molar-refractivity contribution in [3.8, 4) is 0 Å². The normalized spacial score (nSPS) is 18.1. The van der Waals surface area contributed by atoms with Crippen molar-refractivity contribution < 1.29 is 9.53 Å². The van der Waals surface area contributed by atoms with Gasteiger partial charge in [0.15, 0.2) is 0 Å². The third kappa shape index (κ3) is 4.10. The van der Waals surface area contributed by atoms with Gasteiger partial charge in [-0.25, -0.2) is 0 Å². The maximum atomic E-state index is 11.9. The molecule has 0 radical (unpaired) electrons. The van der Waals surface area contributed by atoms with Crippen molar-refractivity contribution in [2.45, 2.75) is 58.5 Å². The quantitative estimate of drug-likeness (QED) is 0.743. The minimum atomic E-state index is -0.427. The average Bonchev–Trinajstić information content (AvgIpc) is 2.54. The first-order valence-corrected chi connectivity index (χ1v) is 8.61. The lowest BCUT2D eigenvalue weighted by molar-refractivity contribution is -0.166. The summed E-state index contributed by atoms with van der Waals surface area (Å²) >= 11 is 0. The molecule has 1 aromatic carbocycles. The van der Waals surface area contributed by atoms with E-state index >= 15 is 0 Å². The summed E-state index contributed by atoms with van der Waals surface area (Å²) in [5, 5.41) is 0. The fraction of sp³-hybridized carbons (Fsp3) is 0.632. The second kappa shape index (κ2) is 7.77. The van der Waals surface area contributed by atoms with E-state index in [0.29, 0.717) is 6.42 Å². The molecule has 0 unspecified atom stereocenters. The zero-order valence-electron chi connectivity index (χ0n) is 14.2. The Hall–Kier alpha value is -1.35. The third-order valence-corrected chi connectivity index (χ3v) is 4.67. The van der Waals surface area contributed by atoms with Crippen molar-refractivity contribution in [2.75, 3.05) is 19.6 Å². The topological polar surface area (TPSA) is 29.5 Å². The van der Waals surface area contributed by atoms with Crippen molar-refractivity contribution in [1.82, 2.24) is 4.90 Å². The number of likely N-dealkylation sites (tertiary alicyclic amines) is 1. The van der Waals surface area contributed by atoms with Crippen molar-refractivity contribution in [2.24, 2.45) is 0 Å². The van der Waals surface area contributed by atoms with Crippen LogP contribution in [0.2, 0.25) is 0 Å². The number of piperidine rings is 1. The maximum absolute atomic E-state index is 11.9. The Kier molecular flexibility index (Phi) is 6.01. The summed E-state index contributed by atoms with van der Waals surface area (Å²) in [6.07, 6.45) is 4.70. The van der Waals surface area contributed by atoms with Gasteiger partial charge in [-0.15, -0.1) is 0 Å². The van der Waals surface area contributed by atoms with E-state index in [-0.39, 0.29) is 5.97 Å². The molecule has 0 atom stereocenters. The standard InChI is InChI=1S/C19H29NO2/c1-4-6-13-20-14-11-19(12-15-20,22-18(21)5-2)17-9-7-16(3)8-10-17/h7-10H,4-6,11-15H2,1-3H3. The Bertz CT molecular complexity index is 473. The Balaban J connectivity index is 2.14. The molecule has 1 heterocycles. The Morgan fingerprint density at radius 3 is 2.36 bits per heavy atom. The molecule has 0 bridgehead atoms. The van der Waals surface area contributed by atoms with Gasteiger partial charge in [-0.1, -0.05) is 50.1 Å². The van der Waals surface area contributed by atoms with E-state index in [1.165, 1.54) is 18.4 Å². The van der Waals surface area contributed by atoms with E-state index in [1.807, 2.05) is 6.92 Å². The summed E-state index contributed by atoms with van der Waals surface area (Å²) in [5.41, 5.74) is 1.96. The summed E-state index contributed by atoms with van der Waals surface area (Å²) in [4.78, 5) is 14.4. The molecule has 3 heteroatoms. The molecule has 1 aliphatic rings. The molecule has 0 amide bonds. The molecule has 1 fully saturated rings. The number of ether oxygens (including phenoxy) is 1. The van der Waals surface area contributed by atoms with Crippen LogP contribution in [0, 0.1) is 6.92 Å². The number of carbonyl (C=O) groups excluding carboxylic acids is 1. The molecule has 0 aromatic heterocycles. The molecular weight excluding hydrogens is 274 g/mol. The number of hydrogen-bond acceptors (Lipinski definition) is 3. The largest absolute Gasteiger partial charge is 0.454 e. The second-order valence-corrected chi connectivity index (χ2v) is 6.38. The summed E-state index contributed by atoms with van der Waals surface area (Å²) in [5.74, 6) is -0.0948. The van der Waals surface area contributed by atoms with Gasteiger partial charge in [0.2, 0.25) is 0 Å². The maximum Gasteiger partial charge on any atom is 0.306 e. The lowest BCUT2D eigenvalue weighted by Gasteiger charge is -2.41. The summed E-state index contributed by atoms with van der Waals surface area (Å²) in [6.45, 7) is 9.34. The second-order valence-electron chi connectivity index (χ2n) is 6.38. The van der Waals surface area contributed by atoms with Crippen LogP contribution in [-0.4, -0.2) is 30.5 Å². The van der Waals surface area contributed by atoms with Gasteiger partial charge in [0, 0.05) is 32.4 Å². The van der Waals surface area contributed by atoms with Crippen LogP contribution in [-0.2, 0) is 15.1 Å². The van der Waals surface area contributed by atoms with E-state index in [1.54, 1.807) is 0 Å². The van der Waals surface area contributed by atoms with E-state index in [0.717, 1.165) is 38.0 Å². The van der Waals surface area contributed by atoms with Crippen LogP contribution in [0.1, 0.15) is 57.1 Å². The first-order valence-electron chi connectivity index (χ1n) is 8.61. The molecule has 0 N–H and O–H groups in total. The SMILES string of the molecule is CCCCN1CCC(OC(=O)CC)(c2ccc(C)cc2)CC1. The molecule has 2 rings (SSSR count). The van der Waals surface area contributed by atoms with Gasteiger partial charge < -0.3 is 9.64 Å². The third-order valence-electron chi connectivity index (χ3n) is 4.67. The number of esters is 1. The predicted octanol–water partition coefficient (Wildman–Crippen LogP) is 4.04. The number of benzene rings is 1. The molecule has 1 aromatic rings. The fourth-order valence-corrected chi connectivity index (χ4v) is 3.12.